The van der Waals surface area contributed by atoms with Crippen molar-refractivity contribution in [3.8, 4) is 0 Å². The molecule has 0 atom stereocenters. The van der Waals surface area contributed by atoms with Crippen LogP contribution < -0.4 is 10.2 Å². The summed E-state index contributed by atoms with van der Waals surface area (Å²) >= 11 is 1.64. The molecule has 0 radical (unpaired) electrons. The zero-order valence-corrected chi connectivity index (χ0v) is 15.2. The molecule has 0 bridgehead atoms. The van der Waals surface area contributed by atoms with Gasteiger partial charge in [-0.15, -0.1) is 11.8 Å². The van der Waals surface area contributed by atoms with Crippen molar-refractivity contribution in [2.75, 3.05) is 49.2 Å². The minimum atomic E-state index is 0.0675. The molecule has 1 saturated heterocycles. The molecule has 3 rings (SSSR count). The summed E-state index contributed by atoms with van der Waals surface area (Å²) < 4.78 is 0. The predicted molar refractivity (Wildman–Crippen MR) is 102 cm³/mol. The maximum Gasteiger partial charge on any atom is 0.225 e. The van der Waals surface area contributed by atoms with Crippen LogP contribution in [0.15, 0.2) is 47.8 Å². The molecule has 0 aliphatic carbocycles. The second-order valence-corrected chi connectivity index (χ2v) is 6.74. The largest absolute Gasteiger partial charge is 0.353 e. The number of amides is 1. The summed E-state index contributed by atoms with van der Waals surface area (Å²) in [5.41, 5.74) is 0.896. The molecule has 1 aromatic heterocycles. The van der Waals surface area contributed by atoms with Gasteiger partial charge in [0.25, 0.3) is 0 Å². The lowest BCUT2D eigenvalue weighted by molar-refractivity contribution is -0.116. The van der Waals surface area contributed by atoms with Crippen LogP contribution in [-0.4, -0.2) is 59.8 Å². The van der Waals surface area contributed by atoms with E-state index in [0.717, 1.165) is 49.1 Å². The van der Waals surface area contributed by atoms with Crippen molar-refractivity contribution >= 4 is 29.2 Å². The number of carbonyl (C=O) groups excluding carboxylic acids is 1. The van der Waals surface area contributed by atoms with Gasteiger partial charge in [-0.25, -0.2) is 4.98 Å². The first kappa shape index (κ1) is 17.7. The van der Waals surface area contributed by atoms with Crippen molar-refractivity contribution < 1.29 is 4.79 Å². The quantitative estimate of drug-likeness (QED) is 0.801. The minimum absolute atomic E-state index is 0.0675. The minimum Gasteiger partial charge on any atom is -0.353 e. The molecule has 7 heteroatoms. The van der Waals surface area contributed by atoms with E-state index >= 15 is 0 Å². The number of anilines is 2. The molecule has 1 N–H and O–H groups in total. The van der Waals surface area contributed by atoms with Crippen molar-refractivity contribution in [2.24, 2.45) is 0 Å². The molecule has 6 nitrogen and oxygen atoms in total. The molecular weight excluding hydrogens is 334 g/mol. The topological polar surface area (TPSA) is 61.4 Å². The molecule has 1 aliphatic heterocycles. The van der Waals surface area contributed by atoms with Crippen molar-refractivity contribution in [3.63, 3.8) is 0 Å². The number of aromatic nitrogens is 2. The van der Waals surface area contributed by atoms with Crippen LogP contribution in [-0.2, 0) is 4.79 Å². The molecule has 1 fully saturated rings. The molecule has 1 amide bonds. The molecule has 2 heterocycles. The normalized spacial score (nSPS) is 15.2. The smallest absolute Gasteiger partial charge is 0.225 e. The molecule has 0 unspecified atom stereocenters. The lowest BCUT2D eigenvalue weighted by Gasteiger charge is -2.35. The van der Waals surface area contributed by atoms with Crippen LogP contribution in [0.2, 0.25) is 0 Å². The summed E-state index contributed by atoms with van der Waals surface area (Å²) in [6.07, 6.45) is 7.73. The molecule has 1 aliphatic rings. The van der Waals surface area contributed by atoms with Gasteiger partial charge in [0.1, 0.15) is 5.82 Å². The van der Waals surface area contributed by atoms with E-state index in [-0.39, 0.29) is 5.91 Å². The highest BCUT2D eigenvalue weighted by atomic mass is 32.2. The van der Waals surface area contributed by atoms with Gasteiger partial charge in [0, 0.05) is 56.4 Å². The summed E-state index contributed by atoms with van der Waals surface area (Å²) in [5, 5.41) is 3.02. The summed E-state index contributed by atoms with van der Waals surface area (Å²) in [6, 6.07) is 7.90. The van der Waals surface area contributed by atoms with E-state index in [4.69, 9.17) is 0 Å². The molecular formula is C18H23N5OS. The SMILES string of the molecule is CSc1ccccc1NC(=O)CCN1CCN(c2cnccn2)CC1. The van der Waals surface area contributed by atoms with Crippen LogP contribution in [0.1, 0.15) is 6.42 Å². The zero-order chi connectivity index (χ0) is 17.5. The van der Waals surface area contributed by atoms with Gasteiger partial charge in [-0.05, 0) is 18.4 Å². The lowest BCUT2D eigenvalue weighted by atomic mass is 10.2. The summed E-state index contributed by atoms with van der Waals surface area (Å²) in [7, 11) is 0. The van der Waals surface area contributed by atoms with Crippen LogP contribution in [0.5, 0.6) is 0 Å². The Morgan fingerprint density at radius 2 is 2.00 bits per heavy atom. The fourth-order valence-corrected chi connectivity index (χ4v) is 3.43. The summed E-state index contributed by atoms with van der Waals surface area (Å²) in [6.45, 7) is 4.48. The molecule has 0 saturated carbocycles. The number of piperazine rings is 1. The molecule has 25 heavy (non-hydrogen) atoms. The monoisotopic (exact) mass is 357 g/mol. The van der Waals surface area contributed by atoms with E-state index in [1.807, 2.05) is 30.5 Å². The Bertz CT molecular complexity index is 689. The number of hydrogen-bond acceptors (Lipinski definition) is 6. The van der Waals surface area contributed by atoms with Gasteiger partial charge in [-0.1, -0.05) is 12.1 Å². The number of hydrogen-bond donors (Lipinski definition) is 1. The zero-order valence-electron chi connectivity index (χ0n) is 14.4. The number of para-hydroxylation sites is 1. The highest BCUT2D eigenvalue weighted by Gasteiger charge is 2.18. The first-order chi connectivity index (χ1) is 12.3. The van der Waals surface area contributed by atoms with Crippen LogP contribution in [0.25, 0.3) is 0 Å². The Hall–Kier alpha value is -2.12. The van der Waals surface area contributed by atoms with Gasteiger partial charge in [-0.3, -0.25) is 14.7 Å². The summed E-state index contributed by atoms with van der Waals surface area (Å²) in [5.74, 6) is 0.992. The second-order valence-electron chi connectivity index (χ2n) is 5.89. The van der Waals surface area contributed by atoms with Crippen molar-refractivity contribution in [3.05, 3.63) is 42.9 Å². The Morgan fingerprint density at radius 1 is 1.20 bits per heavy atom. The number of nitrogens with one attached hydrogen (secondary N) is 1. The summed E-state index contributed by atoms with van der Waals surface area (Å²) in [4.78, 5) is 26.3. The van der Waals surface area contributed by atoms with Gasteiger partial charge in [0.15, 0.2) is 0 Å². The third-order valence-corrected chi connectivity index (χ3v) is 5.08. The maximum absolute atomic E-state index is 12.2. The first-order valence-electron chi connectivity index (χ1n) is 8.42. The Kier molecular flexibility index (Phi) is 6.25. The maximum atomic E-state index is 12.2. The average Bonchev–Trinajstić information content (AvgIpc) is 2.68. The van der Waals surface area contributed by atoms with Crippen molar-refractivity contribution in [2.45, 2.75) is 11.3 Å². The molecule has 1 aromatic carbocycles. The lowest BCUT2D eigenvalue weighted by Crippen LogP contribution is -2.47. The van der Waals surface area contributed by atoms with Crippen molar-refractivity contribution in [1.82, 2.24) is 14.9 Å². The molecule has 132 valence electrons. The number of nitrogens with zero attached hydrogens (tertiary/aromatic N) is 4. The van der Waals surface area contributed by atoms with Gasteiger partial charge in [0.2, 0.25) is 5.91 Å². The van der Waals surface area contributed by atoms with Gasteiger partial charge in [-0.2, -0.15) is 0 Å². The number of benzene rings is 1. The van der Waals surface area contributed by atoms with Crippen LogP contribution in [0.4, 0.5) is 11.5 Å². The number of rotatable bonds is 6. The molecule has 0 spiro atoms. The Balaban J connectivity index is 1.43. The van der Waals surface area contributed by atoms with Gasteiger partial charge < -0.3 is 10.2 Å². The number of thioether (sulfide) groups is 1. The van der Waals surface area contributed by atoms with E-state index in [1.165, 1.54) is 0 Å². The van der Waals surface area contributed by atoms with Crippen LogP contribution in [0.3, 0.4) is 0 Å². The highest BCUT2D eigenvalue weighted by molar-refractivity contribution is 7.98. The average molecular weight is 357 g/mol. The Labute approximate surface area is 152 Å². The van der Waals surface area contributed by atoms with Crippen LogP contribution >= 0.6 is 11.8 Å². The van der Waals surface area contributed by atoms with E-state index < -0.39 is 0 Å². The second kappa shape index (κ2) is 8.82. The van der Waals surface area contributed by atoms with E-state index in [0.29, 0.717) is 6.42 Å². The van der Waals surface area contributed by atoms with E-state index in [1.54, 1.807) is 30.4 Å². The number of carbonyl (C=O) groups is 1. The standard InChI is InChI=1S/C18H23N5OS/c1-25-16-5-3-2-4-15(16)21-18(24)6-9-22-10-12-23(13-11-22)17-14-19-7-8-20-17/h2-5,7-8,14H,6,9-13H2,1H3,(H,21,24). The highest BCUT2D eigenvalue weighted by Crippen LogP contribution is 2.24. The van der Waals surface area contributed by atoms with Gasteiger partial charge >= 0.3 is 0 Å². The van der Waals surface area contributed by atoms with Crippen LogP contribution in [0, 0.1) is 0 Å². The molecule has 2 aromatic rings. The fraction of sp³-hybridized carbons (Fsp3) is 0.389. The van der Waals surface area contributed by atoms with Gasteiger partial charge in [0.05, 0.1) is 11.9 Å². The fourth-order valence-electron chi connectivity index (χ4n) is 2.88. The third-order valence-electron chi connectivity index (χ3n) is 4.28. The first-order valence-corrected chi connectivity index (χ1v) is 9.65. The van der Waals surface area contributed by atoms with Crippen molar-refractivity contribution in [1.29, 1.82) is 0 Å². The Morgan fingerprint density at radius 3 is 2.72 bits per heavy atom. The van der Waals surface area contributed by atoms with E-state index in [2.05, 4.69) is 25.1 Å². The third kappa shape index (κ3) is 4.93. The predicted octanol–water partition coefficient (Wildman–Crippen LogP) is 2.35. The van der Waals surface area contributed by atoms with E-state index in [9.17, 15) is 4.79 Å².